The minimum Gasteiger partial charge on any atom is -0.468 e. The van der Waals surface area contributed by atoms with Crippen molar-refractivity contribution in [2.24, 2.45) is 0 Å². The number of ether oxygens (including phenoxy) is 4. The lowest BCUT2D eigenvalue weighted by molar-refractivity contribution is -0.146. The number of alkyl carbamates (subject to hydrolysis) is 2. The van der Waals surface area contributed by atoms with E-state index in [2.05, 4.69) is 42.0 Å². The number of carbonyl (C=O) groups is 8. The topological polar surface area (TPSA) is 281 Å². The molecule has 0 saturated carbocycles. The number of unbranched alkanes of at least 4 members (excludes halogenated alkanes) is 2. The molecule has 0 radical (unpaired) electrons. The van der Waals surface area contributed by atoms with E-state index in [1.165, 1.54) is 28.1 Å². The number of amides is 6. The van der Waals surface area contributed by atoms with Gasteiger partial charge in [0.1, 0.15) is 47.5 Å². The molecule has 6 unspecified atom stereocenters. The Labute approximate surface area is 362 Å². The third-order valence-corrected chi connectivity index (χ3v) is 8.07. The average molecular weight is 879 g/mol. The van der Waals surface area contributed by atoms with Gasteiger partial charge in [-0.05, 0) is 129 Å². The highest BCUT2D eigenvalue weighted by molar-refractivity contribution is 5.91. The Kier molecular flexibility index (Phi) is 31.8. The molecule has 0 rings (SSSR count). The normalized spacial score (nSPS) is 13.9. The maximum absolute atomic E-state index is 12.1. The fraction of sp³-hybridized carbons (Fsp3) is 0.800. The lowest BCUT2D eigenvalue weighted by atomic mass is 10.2. The van der Waals surface area contributed by atoms with Crippen LogP contribution in [0.5, 0.6) is 0 Å². The van der Waals surface area contributed by atoms with E-state index in [4.69, 9.17) is 19.3 Å². The highest BCUT2D eigenvalue weighted by Gasteiger charge is 2.25. The maximum Gasteiger partial charge on any atom is 0.408 e. The van der Waals surface area contributed by atoms with Crippen LogP contribution in [0.1, 0.15) is 109 Å². The van der Waals surface area contributed by atoms with Gasteiger partial charge in [0.2, 0.25) is 23.6 Å². The highest BCUT2D eigenvalue weighted by atomic mass is 16.6. The molecule has 0 bridgehead atoms. The molecule has 0 saturated heterocycles. The van der Waals surface area contributed by atoms with Crippen LogP contribution in [-0.4, -0.2) is 160 Å². The van der Waals surface area contributed by atoms with Crippen molar-refractivity contribution in [3.63, 3.8) is 0 Å². The molecule has 21 nitrogen and oxygen atoms in total. The number of nitrogens with one attached hydrogen (secondary N) is 7. The van der Waals surface area contributed by atoms with Gasteiger partial charge in [-0.3, -0.25) is 33.7 Å². The van der Waals surface area contributed by atoms with Gasteiger partial charge in [-0.2, -0.15) is 0 Å². The van der Waals surface area contributed by atoms with Crippen LogP contribution in [-0.2, 0) is 47.7 Å². The van der Waals surface area contributed by atoms with Crippen LogP contribution in [0.4, 0.5) is 9.59 Å². The van der Waals surface area contributed by atoms with E-state index in [-0.39, 0.29) is 42.4 Å². The number of esters is 2. The van der Waals surface area contributed by atoms with E-state index in [0.29, 0.717) is 32.5 Å². The van der Waals surface area contributed by atoms with Crippen molar-refractivity contribution in [3.8, 4) is 0 Å². The van der Waals surface area contributed by atoms with Crippen molar-refractivity contribution in [2.75, 3.05) is 54.6 Å². The third-order valence-electron chi connectivity index (χ3n) is 8.07. The molecule has 61 heavy (non-hydrogen) atoms. The first kappa shape index (κ1) is 60.5. The predicted octanol–water partition coefficient (Wildman–Crippen LogP) is 0.854. The molecule has 0 heterocycles. The Balaban J connectivity index is -0.000000955. The van der Waals surface area contributed by atoms with E-state index in [9.17, 15) is 38.4 Å². The number of methoxy groups -OCH3 is 2. The molecule has 8 N–H and O–H groups in total. The third kappa shape index (κ3) is 32.7. The minimum atomic E-state index is -0.845. The number of carbonyl (C=O) groups excluding carboxylic acids is 8. The van der Waals surface area contributed by atoms with Gasteiger partial charge in [0.25, 0.3) is 0 Å². The van der Waals surface area contributed by atoms with Gasteiger partial charge in [0.05, 0.1) is 14.2 Å². The number of hydrogen-bond donors (Lipinski definition) is 8. The second kappa shape index (κ2) is 32.0. The fourth-order valence-electron chi connectivity index (χ4n) is 4.20. The Bertz CT molecular complexity index is 1350. The molecule has 0 aromatic carbocycles. The molecule has 6 atom stereocenters. The molecule has 6 amide bonds. The maximum atomic E-state index is 12.1. The highest BCUT2D eigenvalue weighted by Crippen LogP contribution is 2.08. The van der Waals surface area contributed by atoms with Gasteiger partial charge in [-0.15, -0.1) is 0 Å². The largest absolute Gasteiger partial charge is 0.468 e. The Morgan fingerprint density at radius 2 is 0.902 bits per heavy atom. The summed E-state index contributed by atoms with van der Waals surface area (Å²) in [5.41, 5.74) is -1.32. The molecule has 0 aliphatic carbocycles. The number of nitrogens with zero attached hydrogens (tertiary/aromatic N) is 1. The first-order chi connectivity index (χ1) is 28.1. The van der Waals surface area contributed by atoms with E-state index in [1.54, 1.807) is 76.3 Å². The summed E-state index contributed by atoms with van der Waals surface area (Å²) in [6.07, 6.45) is 1.39. The van der Waals surface area contributed by atoms with Crippen molar-refractivity contribution < 1.29 is 62.4 Å². The zero-order chi connectivity index (χ0) is 48.1. The van der Waals surface area contributed by atoms with Crippen LogP contribution in [0, 0.1) is 0 Å². The standard InChI is InChI=1S/C20H38N4O6.C15H29N3O5.C5H11NO2/c1-13(22-17(26)14(2)23-19(28)30-20(4,5)6)16(25)21-11-9-10-12-24(7)15(3)18(27)29-8;1-10(12(20)16-8-6-7-9-19)17-13(21)11(2)18-14(22)23-15(3,4)5;1-4(6-2)5(7)8-3/h13-15H,9-12H2,1-8H3,(H,21,25)(H,22,26)(H,23,28);10-11,19H,6-9H2,1-5H3,(H,16,20)(H,17,21)(H,18,22);4,6H,1-3H3. The Morgan fingerprint density at radius 1 is 0.541 bits per heavy atom. The van der Waals surface area contributed by atoms with Crippen molar-refractivity contribution in [1.29, 1.82) is 0 Å². The number of likely N-dealkylation sites (N-methyl/N-ethyl adjacent to an activating group) is 2. The fourth-order valence-corrected chi connectivity index (χ4v) is 4.20. The predicted molar refractivity (Wildman–Crippen MR) is 229 cm³/mol. The Hall–Kier alpha value is -4.76. The molecule has 0 aliphatic rings. The first-order valence-electron chi connectivity index (χ1n) is 20.4. The molecular formula is C40H78N8O13. The number of aliphatic hydroxyl groups is 1. The first-order valence-corrected chi connectivity index (χ1v) is 20.4. The van der Waals surface area contributed by atoms with Crippen molar-refractivity contribution in [2.45, 2.75) is 156 Å². The summed E-state index contributed by atoms with van der Waals surface area (Å²) < 4.78 is 19.3. The summed E-state index contributed by atoms with van der Waals surface area (Å²) in [6, 6.07) is -3.66. The van der Waals surface area contributed by atoms with Gasteiger partial charge in [-0.25, -0.2) is 9.59 Å². The van der Waals surface area contributed by atoms with Crippen LogP contribution in [0.3, 0.4) is 0 Å². The van der Waals surface area contributed by atoms with E-state index >= 15 is 0 Å². The Morgan fingerprint density at radius 3 is 1.21 bits per heavy atom. The van der Waals surface area contributed by atoms with Gasteiger partial charge in [0.15, 0.2) is 0 Å². The van der Waals surface area contributed by atoms with Crippen LogP contribution >= 0.6 is 0 Å². The second-order valence-corrected chi connectivity index (χ2v) is 16.1. The van der Waals surface area contributed by atoms with Crippen LogP contribution in [0.25, 0.3) is 0 Å². The molecule has 0 aromatic rings. The summed E-state index contributed by atoms with van der Waals surface area (Å²) >= 11 is 0. The summed E-state index contributed by atoms with van der Waals surface area (Å²) in [4.78, 5) is 95.1. The summed E-state index contributed by atoms with van der Waals surface area (Å²) in [6.45, 7) is 21.6. The van der Waals surface area contributed by atoms with E-state index < -0.39 is 59.4 Å². The molecule has 0 fully saturated rings. The van der Waals surface area contributed by atoms with Gasteiger partial charge in [-0.1, -0.05) is 0 Å². The van der Waals surface area contributed by atoms with Gasteiger partial charge in [0, 0.05) is 19.7 Å². The van der Waals surface area contributed by atoms with Crippen molar-refractivity contribution in [3.05, 3.63) is 0 Å². The minimum absolute atomic E-state index is 0.0794. The van der Waals surface area contributed by atoms with Gasteiger partial charge < -0.3 is 61.3 Å². The van der Waals surface area contributed by atoms with Crippen molar-refractivity contribution >= 4 is 47.8 Å². The van der Waals surface area contributed by atoms with Crippen LogP contribution in [0.2, 0.25) is 0 Å². The quantitative estimate of drug-likeness (QED) is 0.0451. The number of rotatable bonds is 21. The van der Waals surface area contributed by atoms with Gasteiger partial charge >= 0.3 is 24.1 Å². The van der Waals surface area contributed by atoms with Crippen molar-refractivity contribution in [1.82, 2.24) is 42.1 Å². The molecule has 0 aliphatic heterocycles. The van der Waals surface area contributed by atoms with Crippen LogP contribution < -0.4 is 37.2 Å². The molecular weight excluding hydrogens is 800 g/mol. The smallest absolute Gasteiger partial charge is 0.408 e. The zero-order valence-electron chi connectivity index (χ0n) is 39.4. The summed E-state index contributed by atoms with van der Waals surface area (Å²) in [7, 11) is 6.28. The zero-order valence-corrected chi connectivity index (χ0v) is 39.4. The lowest BCUT2D eigenvalue weighted by Gasteiger charge is -2.23. The summed E-state index contributed by atoms with van der Waals surface area (Å²) in [5, 5.41) is 26.7. The molecule has 21 heteroatoms. The van der Waals surface area contributed by atoms with Crippen LogP contribution in [0.15, 0.2) is 0 Å². The summed E-state index contributed by atoms with van der Waals surface area (Å²) in [5.74, 6) is -2.11. The molecule has 0 aromatic heterocycles. The number of aliphatic hydroxyl groups excluding tert-OH is 1. The van der Waals surface area contributed by atoms with E-state index in [1.807, 2.05) is 11.9 Å². The van der Waals surface area contributed by atoms with E-state index in [0.717, 1.165) is 12.8 Å². The number of hydrogen-bond acceptors (Lipinski definition) is 15. The molecule has 356 valence electrons. The molecule has 0 spiro atoms. The lowest BCUT2D eigenvalue weighted by Crippen LogP contribution is -2.52. The average Bonchev–Trinajstić information content (AvgIpc) is 3.16. The SMILES string of the molecule is CC(NC(=O)OC(C)(C)C)C(=O)NC(C)C(=O)NCCCCO.CNC(C)C(=O)OC.COC(=O)C(C)N(C)CCCCNC(=O)C(C)NC(=O)C(C)NC(=O)OC(C)(C)C. The monoisotopic (exact) mass is 879 g/mol. The second-order valence-electron chi connectivity index (χ2n) is 16.1.